The van der Waals surface area contributed by atoms with Crippen molar-refractivity contribution < 1.29 is 19.1 Å². The Balaban J connectivity index is 1.77. The fourth-order valence-corrected chi connectivity index (χ4v) is 2.19. The SMILES string of the molecule is Cc1ccc(OCC(=O)NCC(C)(C)N2CCOC2=O)cc1. The molecule has 1 saturated heterocycles. The van der Waals surface area contributed by atoms with E-state index in [2.05, 4.69) is 5.32 Å². The van der Waals surface area contributed by atoms with Crippen molar-refractivity contribution in [1.82, 2.24) is 10.2 Å². The number of carbonyl (C=O) groups is 2. The summed E-state index contributed by atoms with van der Waals surface area (Å²) >= 11 is 0. The van der Waals surface area contributed by atoms with E-state index in [-0.39, 0.29) is 18.6 Å². The molecule has 0 bridgehead atoms. The lowest BCUT2D eigenvalue weighted by atomic mass is 10.0. The summed E-state index contributed by atoms with van der Waals surface area (Å²) in [4.78, 5) is 25.0. The third kappa shape index (κ3) is 4.13. The van der Waals surface area contributed by atoms with Crippen LogP contribution in [0.4, 0.5) is 4.79 Å². The van der Waals surface area contributed by atoms with Gasteiger partial charge in [-0.25, -0.2) is 4.79 Å². The van der Waals surface area contributed by atoms with Gasteiger partial charge in [0.15, 0.2) is 6.61 Å². The largest absolute Gasteiger partial charge is 0.484 e. The van der Waals surface area contributed by atoms with Crippen LogP contribution in [0.2, 0.25) is 0 Å². The summed E-state index contributed by atoms with van der Waals surface area (Å²) in [5.41, 5.74) is 0.642. The van der Waals surface area contributed by atoms with Gasteiger partial charge in [-0.3, -0.25) is 9.69 Å². The van der Waals surface area contributed by atoms with Crippen LogP contribution in [-0.4, -0.2) is 48.7 Å². The van der Waals surface area contributed by atoms with Crippen LogP contribution in [-0.2, 0) is 9.53 Å². The van der Waals surface area contributed by atoms with Gasteiger partial charge in [0, 0.05) is 6.54 Å². The molecule has 1 N–H and O–H groups in total. The molecule has 0 aromatic heterocycles. The molecule has 2 rings (SSSR count). The Morgan fingerprint density at radius 2 is 2.05 bits per heavy atom. The Morgan fingerprint density at radius 1 is 1.36 bits per heavy atom. The summed E-state index contributed by atoms with van der Waals surface area (Å²) < 4.78 is 10.3. The Bertz CT molecular complexity index is 540. The van der Waals surface area contributed by atoms with Crippen molar-refractivity contribution in [3.8, 4) is 5.75 Å². The minimum Gasteiger partial charge on any atom is -0.484 e. The molecular formula is C16H22N2O4. The van der Waals surface area contributed by atoms with Gasteiger partial charge < -0.3 is 14.8 Å². The number of ether oxygens (including phenoxy) is 2. The van der Waals surface area contributed by atoms with Crippen LogP contribution in [0.5, 0.6) is 5.75 Å². The average Bonchev–Trinajstić information content (AvgIpc) is 2.92. The molecule has 1 aromatic rings. The van der Waals surface area contributed by atoms with E-state index in [1.165, 1.54) is 0 Å². The van der Waals surface area contributed by atoms with Gasteiger partial charge in [0.25, 0.3) is 5.91 Å². The number of cyclic esters (lactones) is 1. The summed E-state index contributed by atoms with van der Waals surface area (Å²) in [5, 5.41) is 2.79. The Morgan fingerprint density at radius 3 is 2.64 bits per heavy atom. The highest BCUT2D eigenvalue weighted by atomic mass is 16.6. The molecule has 22 heavy (non-hydrogen) atoms. The molecule has 0 saturated carbocycles. The van der Waals surface area contributed by atoms with Crippen LogP contribution in [0.15, 0.2) is 24.3 Å². The van der Waals surface area contributed by atoms with E-state index in [9.17, 15) is 9.59 Å². The Labute approximate surface area is 130 Å². The number of carbonyl (C=O) groups excluding carboxylic acids is 2. The molecule has 120 valence electrons. The first-order chi connectivity index (χ1) is 10.4. The average molecular weight is 306 g/mol. The lowest BCUT2D eigenvalue weighted by molar-refractivity contribution is -0.123. The maximum atomic E-state index is 11.9. The molecule has 0 spiro atoms. The number of rotatable bonds is 6. The molecule has 0 unspecified atom stereocenters. The Hall–Kier alpha value is -2.24. The highest BCUT2D eigenvalue weighted by Crippen LogP contribution is 2.18. The minimum atomic E-state index is -0.493. The van der Waals surface area contributed by atoms with Crippen LogP contribution in [0.1, 0.15) is 19.4 Å². The number of aryl methyl sites for hydroxylation is 1. The zero-order valence-electron chi connectivity index (χ0n) is 13.2. The van der Waals surface area contributed by atoms with Crippen LogP contribution in [0.25, 0.3) is 0 Å². The molecule has 1 heterocycles. The second-order valence-corrected chi connectivity index (χ2v) is 5.96. The standard InChI is InChI=1S/C16H22N2O4/c1-12-4-6-13(7-5-12)22-10-14(19)17-11-16(2,3)18-8-9-21-15(18)20/h4-7H,8-11H2,1-3H3,(H,17,19). The maximum Gasteiger partial charge on any atom is 0.410 e. The van der Waals surface area contributed by atoms with Crippen molar-refractivity contribution in [3.63, 3.8) is 0 Å². The number of amides is 2. The van der Waals surface area contributed by atoms with E-state index in [1.807, 2.05) is 45.0 Å². The number of nitrogens with one attached hydrogen (secondary N) is 1. The lowest BCUT2D eigenvalue weighted by Gasteiger charge is -2.33. The van der Waals surface area contributed by atoms with E-state index in [0.29, 0.717) is 25.4 Å². The monoisotopic (exact) mass is 306 g/mol. The fourth-order valence-electron chi connectivity index (χ4n) is 2.19. The topological polar surface area (TPSA) is 67.9 Å². The molecule has 2 amide bonds. The quantitative estimate of drug-likeness (QED) is 0.869. The van der Waals surface area contributed by atoms with Gasteiger partial charge in [-0.2, -0.15) is 0 Å². The fraction of sp³-hybridized carbons (Fsp3) is 0.500. The molecule has 6 heteroatoms. The summed E-state index contributed by atoms with van der Waals surface area (Å²) in [6.45, 7) is 7.00. The first kappa shape index (κ1) is 16.1. The van der Waals surface area contributed by atoms with E-state index in [4.69, 9.17) is 9.47 Å². The van der Waals surface area contributed by atoms with E-state index in [1.54, 1.807) is 4.90 Å². The second-order valence-electron chi connectivity index (χ2n) is 5.96. The van der Waals surface area contributed by atoms with Gasteiger partial charge in [0.1, 0.15) is 12.4 Å². The van der Waals surface area contributed by atoms with Crippen molar-refractivity contribution in [2.24, 2.45) is 0 Å². The normalized spacial score (nSPS) is 14.7. The van der Waals surface area contributed by atoms with E-state index in [0.717, 1.165) is 5.56 Å². The van der Waals surface area contributed by atoms with Crippen LogP contribution in [0, 0.1) is 6.92 Å². The number of nitrogens with zero attached hydrogens (tertiary/aromatic N) is 1. The maximum absolute atomic E-state index is 11.9. The van der Waals surface area contributed by atoms with Crippen molar-refractivity contribution in [2.75, 3.05) is 26.3 Å². The predicted octanol–water partition coefficient (Wildman–Crippen LogP) is 1.72. The summed E-state index contributed by atoms with van der Waals surface area (Å²) in [6, 6.07) is 7.50. The van der Waals surface area contributed by atoms with Gasteiger partial charge in [-0.1, -0.05) is 17.7 Å². The predicted molar refractivity (Wildman–Crippen MR) is 81.8 cm³/mol. The lowest BCUT2D eigenvalue weighted by Crippen LogP contribution is -2.52. The number of hydrogen-bond donors (Lipinski definition) is 1. The molecule has 1 aliphatic rings. The Kier molecular flexibility index (Phi) is 4.90. The highest BCUT2D eigenvalue weighted by molar-refractivity contribution is 5.77. The van der Waals surface area contributed by atoms with Gasteiger partial charge in [0.2, 0.25) is 0 Å². The molecule has 0 atom stereocenters. The molecule has 0 radical (unpaired) electrons. The molecule has 1 fully saturated rings. The second kappa shape index (κ2) is 6.68. The summed E-state index contributed by atoms with van der Waals surface area (Å²) in [5.74, 6) is 0.435. The van der Waals surface area contributed by atoms with Gasteiger partial charge in [0.05, 0.1) is 12.1 Å². The zero-order valence-corrected chi connectivity index (χ0v) is 13.2. The van der Waals surface area contributed by atoms with Crippen molar-refractivity contribution in [1.29, 1.82) is 0 Å². The number of hydrogen-bond acceptors (Lipinski definition) is 4. The molecular weight excluding hydrogens is 284 g/mol. The first-order valence-corrected chi connectivity index (χ1v) is 7.29. The van der Waals surface area contributed by atoms with Crippen LogP contribution < -0.4 is 10.1 Å². The van der Waals surface area contributed by atoms with Gasteiger partial charge in [-0.15, -0.1) is 0 Å². The van der Waals surface area contributed by atoms with Crippen LogP contribution in [0.3, 0.4) is 0 Å². The van der Waals surface area contributed by atoms with E-state index >= 15 is 0 Å². The summed E-state index contributed by atoms with van der Waals surface area (Å²) in [7, 11) is 0. The molecule has 0 aliphatic carbocycles. The zero-order chi connectivity index (χ0) is 16.2. The van der Waals surface area contributed by atoms with Crippen molar-refractivity contribution in [2.45, 2.75) is 26.3 Å². The first-order valence-electron chi connectivity index (χ1n) is 7.29. The third-order valence-corrected chi connectivity index (χ3v) is 3.60. The van der Waals surface area contributed by atoms with E-state index < -0.39 is 5.54 Å². The minimum absolute atomic E-state index is 0.0520. The molecule has 1 aliphatic heterocycles. The van der Waals surface area contributed by atoms with Gasteiger partial charge in [-0.05, 0) is 32.9 Å². The third-order valence-electron chi connectivity index (χ3n) is 3.60. The molecule has 6 nitrogen and oxygen atoms in total. The van der Waals surface area contributed by atoms with Crippen molar-refractivity contribution in [3.05, 3.63) is 29.8 Å². The van der Waals surface area contributed by atoms with Crippen LogP contribution >= 0.6 is 0 Å². The van der Waals surface area contributed by atoms with Crippen molar-refractivity contribution >= 4 is 12.0 Å². The smallest absolute Gasteiger partial charge is 0.410 e. The highest BCUT2D eigenvalue weighted by Gasteiger charge is 2.35. The summed E-state index contributed by atoms with van der Waals surface area (Å²) in [6.07, 6.45) is -0.338. The molecule has 1 aromatic carbocycles. The number of benzene rings is 1. The van der Waals surface area contributed by atoms with Gasteiger partial charge >= 0.3 is 6.09 Å².